The number of rotatable bonds is 2. The highest BCUT2D eigenvalue weighted by atomic mass is 16.7. The summed E-state index contributed by atoms with van der Waals surface area (Å²) >= 11 is 0. The molecule has 0 amide bonds. The number of carbonyl (C=O) groups is 1. The van der Waals surface area contributed by atoms with Crippen LogP contribution in [0.25, 0.3) is 0 Å². The minimum absolute atomic E-state index is 0.126. The van der Waals surface area contributed by atoms with Crippen LogP contribution in [-0.2, 0) is 19.0 Å². The van der Waals surface area contributed by atoms with E-state index in [0.717, 1.165) is 0 Å². The zero-order chi connectivity index (χ0) is 12.6. The van der Waals surface area contributed by atoms with Crippen LogP contribution in [-0.4, -0.2) is 59.3 Å². The average Bonchev–Trinajstić information content (AvgIpc) is 2.62. The average molecular weight is 245 g/mol. The Labute approximate surface area is 98.0 Å². The highest BCUT2D eigenvalue weighted by Gasteiger charge is 2.48. The zero-order valence-electron chi connectivity index (χ0n) is 9.57. The van der Waals surface area contributed by atoms with E-state index < -0.39 is 36.6 Å². The summed E-state index contributed by atoms with van der Waals surface area (Å²) < 4.78 is 15.4. The van der Waals surface area contributed by atoms with Crippen LogP contribution in [0.15, 0.2) is 4.99 Å². The van der Waals surface area contributed by atoms with E-state index in [1.54, 1.807) is 6.92 Å². The maximum absolute atomic E-state index is 10.7. The minimum Gasteiger partial charge on any atom is -0.463 e. The molecule has 1 fully saturated rings. The fourth-order valence-electron chi connectivity index (χ4n) is 1.90. The summed E-state index contributed by atoms with van der Waals surface area (Å²) in [4.78, 5) is 14.7. The van der Waals surface area contributed by atoms with Gasteiger partial charge in [0.25, 0.3) is 0 Å². The lowest BCUT2D eigenvalue weighted by Gasteiger charge is -2.37. The molecule has 0 aliphatic carbocycles. The lowest BCUT2D eigenvalue weighted by atomic mass is 9.98. The van der Waals surface area contributed by atoms with Gasteiger partial charge in [-0.05, 0) is 0 Å². The Balaban J connectivity index is 2.01. The van der Waals surface area contributed by atoms with Crippen molar-refractivity contribution in [1.82, 2.24) is 0 Å². The van der Waals surface area contributed by atoms with Gasteiger partial charge in [-0.2, -0.15) is 0 Å². The Kier molecular flexibility index (Phi) is 3.32. The van der Waals surface area contributed by atoms with E-state index >= 15 is 0 Å². The van der Waals surface area contributed by atoms with E-state index in [0.29, 0.717) is 5.90 Å². The third-order valence-electron chi connectivity index (χ3n) is 2.74. The molecular weight excluding hydrogens is 230 g/mol. The second-order valence-electron chi connectivity index (χ2n) is 4.08. The smallest absolute Gasteiger partial charge is 0.302 e. The summed E-state index contributed by atoms with van der Waals surface area (Å²) in [6.07, 6.45) is -3.79. The van der Waals surface area contributed by atoms with Crippen LogP contribution in [0.5, 0.6) is 0 Å². The fraction of sp³-hybridized carbons (Fsp3) is 0.800. The summed E-state index contributed by atoms with van der Waals surface area (Å²) in [6, 6.07) is -0.626. The van der Waals surface area contributed by atoms with Gasteiger partial charge in [-0.3, -0.25) is 4.79 Å². The van der Waals surface area contributed by atoms with Crippen molar-refractivity contribution in [3.63, 3.8) is 0 Å². The maximum atomic E-state index is 10.7. The topological polar surface area (TPSA) is 97.6 Å². The van der Waals surface area contributed by atoms with Crippen molar-refractivity contribution in [1.29, 1.82) is 0 Å². The molecule has 2 heterocycles. The first-order chi connectivity index (χ1) is 7.99. The predicted octanol–water partition coefficient (Wildman–Crippen LogP) is -1.19. The van der Waals surface area contributed by atoms with Crippen molar-refractivity contribution in [2.24, 2.45) is 4.99 Å². The Morgan fingerprint density at radius 2 is 2.18 bits per heavy atom. The first-order valence-corrected chi connectivity index (χ1v) is 5.35. The molecule has 1 saturated heterocycles. The predicted molar refractivity (Wildman–Crippen MR) is 55.3 cm³/mol. The van der Waals surface area contributed by atoms with E-state index in [2.05, 4.69) is 4.99 Å². The lowest BCUT2D eigenvalue weighted by Crippen LogP contribution is -2.57. The molecule has 2 aliphatic rings. The molecule has 7 nitrogen and oxygen atoms in total. The molecular formula is C10H15NO6. The number of fused-ring (bicyclic) bond motifs is 1. The summed E-state index contributed by atoms with van der Waals surface area (Å²) in [6.45, 7) is 2.77. The molecule has 0 saturated carbocycles. The molecule has 0 aromatic carbocycles. The second-order valence-corrected chi connectivity index (χ2v) is 4.08. The lowest BCUT2D eigenvalue weighted by molar-refractivity contribution is -0.236. The van der Waals surface area contributed by atoms with Crippen LogP contribution in [0.1, 0.15) is 13.8 Å². The quantitative estimate of drug-likeness (QED) is 0.594. The Morgan fingerprint density at radius 1 is 1.47 bits per heavy atom. The van der Waals surface area contributed by atoms with E-state index in [4.69, 9.17) is 14.2 Å². The van der Waals surface area contributed by atoms with Gasteiger partial charge >= 0.3 is 5.97 Å². The molecule has 2 N–H and O–H groups in total. The van der Waals surface area contributed by atoms with E-state index in [9.17, 15) is 15.0 Å². The van der Waals surface area contributed by atoms with Gasteiger partial charge < -0.3 is 24.4 Å². The van der Waals surface area contributed by atoms with Gasteiger partial charge in [-0.1, -0.05) is 0 Å². The molecule has 96 valence electrons. The van der Waals surface area contributed by atoms with Crippen LogP contribution in [0, 0.1) is 0 Å². The third kappa shape index (κ3) is 2.41. The van der Waals surface area contributed by atoms with Crippen LogP contribution >= 0.6 is 0 Å². The largest absolute Gasteiger partial charge is 0.463 e. The maximum Gasteiger partial charge on any atom is 0.302 e. The van der Waals surface area contributed by atoms with Gasteiger partial charge in [-0.25, -0.2) is 4.99 Å². The summed E-state index contributed by atoms with van der Waals surface area (Å²) in [5, 5.41) is 19.6. The molecule has 3 unspecified atom stereocenters. The molecule has 0 aromatic heterocycles. The Bertz CT molecular complexity index is 344. The molecule has 2 rings (SSSR count). The number of esters is 1. The number of hydrogen-bond donors (Lipinski definition) is 2. The van der Waals surface area contributed by atoms with E-state index in [1.165, 1.54) is 6.92 Å². The molecule has 7 heteroatoms. The monoisotopic (exact) mass is 245 g/mol. The van der Waals surface area contributed by atoms with Gasteiger partial charge in [0.05, 0.1) is 0 Å². The number of ether oxygens (including phenoxy) is 3. The van der Waals surface area contributed by atoms with E-state index in [1.807, 2.05) is 0 Å². The van der Waals surface area contributed by atoms with Crippen LogP contribution in [0.2, 0.25) is 0 Å². The van der Waals surface area contributed by atoms with Crippen LogP contribution in [0.4, 0.5) is 0 Å². The van der Waals surface area contributed by atoms with Crippen molar-refractivity contribution < 1.29 is 29.2 Å². The second kappa shape index (κ2) is 4.59. The normalized spacial score (nSPS) is 40.2. The third-order valence-corrected chi connectivity index (χ3v) is 2.74. The fourth-order valence-corrected chi connectivity index (χ4v) is 1.90. The molecule has 0 bridgehead atoms. The number of hydrogen-bond acceptors (Lipinski definition) is 7. The molecule has 0 radical (unpaired) electrons. The van der Waals surface area contributed by atoms with Crippen molar-refractivity contribution in [2.45, 2.75) is 44.5 Å². The number of nitrogens with zero attached hydrogens (tertiary/aromatic N) is 1. The van der Waals surface area contributed by atoms with Gasteiger partial charge in [0.15, 0.2) is 5.90 Å². The van der Waals surface area contributed by atoms with Gasteiger partial charge in [0.1, 0.15) is 31.0 Å². The molecule has 0 aromatic rings. The molecule has 2 aliphatic heterocycles. The summed E-state index contributed by atoms with van der Waals surface area (Å²) in [5.74, 6) is -0.0726. The zero-order valence-corrected chi connectivity index (χ0v) is 9.57. The minimum atomic E-state index is -1.16. The standard InChI is InChI=1S/C10H15NO6/c1-4-11-7-9(14)8(13)6(3-15-5(2)12)17-10(7)16-4/h6-10,13-14H,3H2,1-2H3/t6?,7-,8?,9?,10-/m0/s1. The first-order valence-electron chi connectivity index (χ1n) is 5.35. The van der Waals surface area contributed by atoms with Crippen molar-refractivity contribution in [2.75, 3.05) is 6.61 Å². The van der Waals surface area contributed by atoms with Crippen LogP contribution < -0.4 is 0 Å². The first kappa shape index (κ1) is 12.3. The van der Waals surface area contributed by atoms with Gasteiger partial charge in [0.2, 0.25) is 6.29 Å². The number of aliphatic hydroxyl groups excluding tert-OH is 2. The number of aliphatic hydroxyl groups is 2. The molecule has 17 heavy (non-hydrogen) atoms. The SMILES string of the molecule is CC(=O)OCC1O[C@@H]2OC(C)=N[C@H]2C(O)C1O. The van der Waals surface area contributed by atoms with Crippen molar-refractivity contribution >= 4 is 11.9 Å². The summed E-state index contributed by atoms with van der Waals surface area (Å²) in [7, 11) is 0. The highest BCUT2D eigenvalue weighted by molar-refractivity contribution is 5.75. The Hall–Kier alpha value is -1.18. The van der Waals surface area contributed by atoms with Gasteiger partial charge in [0, 0.05) is 13.8 Å². The highest BCUT2D eigenvalue weighted by Crippen LogP contribution is 2.28. The molecule has 5 atom stereocenters. The van der Waals surface area contributed by atoms with E-state index in [-0.39, 0.29) is 6.61 Å². The summed E-state index contributed by atoms with van der Waals surface area (Å²) in [5.41, 5.74) is 0. The van der Waals surface area contributed by atoms with Crippen molar-refractivity contribution in [3.8, 4) is 0 Å². The number of aliphatic imine (C=N–C) groups is 1. The Morgan fingerprint density at radius 3 is 2.82 bits per heavy atom. The van der Waals surface area contributed by atoms with Crippen LogP contribution in [0.3, 0.4) is 0 Å². The van der Waals surface area contributed by atoms with Gasteiger partial charge in [-0.15, -0.1) is 0 Å². The van der Waals surface area contributed by atoms with Crippen molar-refractivity contribution in [3.05, 3.63) is 0 Å². The number of carbonyl (C=O) groups excluding carboxylic acids is 1. The molecule has 0 spiro atoms.